The summed E-state index contributed by atoms with van der Waals surface area (Å²) in [5.41, 5.74) is 4.78. The zero-order chi connectivity index (χ0) is 32.4. The zero-order valence-corrected chi connectivity index (χ0v) is 25.4. The monoisotopic (exact) mass is 617 g/mol. The van der Waals surface area contributed by atoms with Crippen molar-refractivity contribution >= 4 is 46.5 Å². The molecule has 10 nitrogen and oxygen atoms in total. The van der Waals surface area contributed by atoms with Gasteiger partial charge in [0.1, 0.15) is 35.8 Å². The lowest BCUT2D eigenvalue weighted by Gasteiger charge is -2.11. The van der Waals surface area contributed by atoms with Crippen molar-refractivity contribution in [1.82, 2.24) is 14.8 Å². The molecule has 2 heterocycles. The lowest BCUT2D eigenvalue weighted by Crippen LogP contribution is -2.32. The number of aryl methyl sites for hydroxylation is 2. The number of benzene rings is 4. The number of carbonyl (C=O) groups excluding carboxylic acids is 1. The first-order chi connectivity index (χ1) is 22.3. The summed E-state index contributed by atoms with van der Waals surface area (Å²) < 4.78 is 13.9. The topological polar surface area (TPSA) is 147 Å². The van der Waals surface area contributed by atoms with Crippen molar-refractivity contribution in [2.75, 3.05) is 6.61 Å². The van der Waals surface area contributed by atoms with Gasteiger partial charge in [-0.1, -0.05) is 60.7 Å². The predicted octanol–water partition coefficient (Wildman–Crippen LogP) is 4.81. The molecule has 4 N–H and O–H groups in total. The lowest BCUT2D eigenvalue weighted by molar-refractivity contribution is 0.0690. The van der Waals surface area contributed by atoms with Crippen molar-refractivity contribution in [3.63, 3.8) is 0 Å². The molecule has 46 heavy (non-hydrogen) atoms. The van der Waals surface area contributed by atoms with Crippen molar-refractivity contribution in [1.29, 1.82) is 0 Å². The Kier molecular flexibility index (Phi) is 8.60. The molecule has 6 aromatic rings. The summed E-state index contributed by atoms with van der Waals surface area (Å²) in [6.07, 6.45) is 1.65. The third kappa shape index (κ3) is 5.85. The number of hydrogen-bond acceptors (Lipinski definition) is 7. The van der Waals surface area contributed by atoms with E-state index in [9.17, 15) is 24.7 Å². The summed E-state index contributed by atoms with van der Waals surface area (Å²) in [7, 11) is 0.0428. The number of H-pyrrole nitrogens is 1. The highest BCUT2D eigenvalue weighted by Gasteiger charge is 2.23. The van der Waals surface area contributed by atoms with Gasteiger partial charge in [-0.05, 0) is 54.4 Å². The van der Waals surface area contributed by atoms with Crippen molar-refractivity contribution < 1.29 is 34.2 Å². The van der Waals surface area contributed by atoms with Gasteiger partial charge in [0.25, 0.3) is 0 Å². The summed E-state index contributed by atoms with van der Waals surface area (Å²) in [6.45, 7) is 2.41. The van der Waals surface area contributed by atoms with Gasteiger partial charge in [-0.25, -0.2) is 4.79 Å². The minimum atomic E-state index is -1.78. The number of ether oxygens (including phenoxy) is 2. The van der Waals surface area contributed by atoms with Crippen LogP contribution in [0.1, 0.15) is 44.2 Å². The molecule has 0 fully saturated rings. The SMILES string of the molecule is Cc1c(-c2cccc3c(CCCOc4cccc5ccccc45)c(C(=O)O)[nH]c23)c(COc2ccc(B(O)O)c(C=O)c2)nn1C. The number of aromatic nitrogens is 3. The van der Waals surface area contributed by atoms with Crippen LogP contribution in [-0.4, -0.2) is 55.9 Å². The summed E-state index contributed by atoms with van der Waals surface area (Å²) >= 11 is 0. The molecule has 2 aromatic heterocycles. The molecule has 0 aliphatic carbocycles. The van der Waals surface area contributed by atoms with Gasteiger partial charge < -0.3 is 29.6 Å². The van der Waals surface area contributed by atoms with Crippen LogP contribution in [0, 0.1) is 6.92 Å². The first-order valence-corrected chi connectivity index (χ1v) is 14.8. The van der Waals surface area contributed by atoms with Crippen molar-refractivity contribution in [2.45, 2.75) is 26.4 Å². The summed E-state index contributed by atoms with van der Waals surface area (Å²) in [5, 5.41) is 36.8. The number of aromatic amines is 1. The molecule has 0 aliphatic rings. The largest absolute Gasteiger partial charge is 0.493 e. The lowest BCUT2D eigenvalue weighted by atomic mass is 9.77. The minimum Gasteiger partial charge on any atom is -0.493 e. The second kappa shape index (κ2) is 12.9. The van der Waals surface area contributed by atoms with Gasteiger partial charge in [-0.15, -0.1) is 0 Å². The number of aldehydes is 1. The smallest absolute Gasteiger partial charge is 0.489 e. The molecule has 0 unspecified atom stereocenters. The summed E-state index contributed by atoms with van der Waals surface area (Å²) in [4.78, 5) is 27.1. The van der Waals surface area contributed by atoms with Gasteiger partial charge in [0.15, 0.2) is 0 Å². The summed E-state index contributed by atoms with van der Waals surface area (Å²) in [6, 6.07) is 24.1. The van der Waals surface area contributed by atoms with E-state index in [0.717, 1.165) is 38.7 Å². The van der Waals surface area contributed by atoms with Gasteiger partial charge in [0, 0.05) is 40.2 Å². The highest BCUT2D eigenvalue weighted by molar-refractivity contribution is 6.60. The molecule has 6 rings (SSSR count). The van der Waals surface area contributed by atoms with E-state index in [-0.39, 0.29) is 23.3 Å². The van der Waals surface area contributed by atoms with Gasteiger partial charge in [-0.3, -0.25) is 9.48 Å². The van der Waals surface area contributed by atoms with Gasteiger partial charge >= 0.3 is 13.1 Å². The van der Waals surface area contributed by atoms with E-state index in [1.165, 1.54) is 12.1 Å². The number of carbonyl (C=O) groups is 2. The second-order valence-electron chi connectivity index (χ2n) is 11.0. The van der Waals surface area contributed by atoms with Crippen LogP contribution in [0.25, 0.3) is 32.8 Å². The molecule has 0 aliphatic heterocycles. The number of fused-ring (bicyclic) bond motifs is 2. The Labute approximate surface area is 265 Å². The van der Waals surface area contributed by atoms with Crippen molar-refractivity contribution in [2.24, 2.45) is 7.05 Å². The first-order valence-electron chi connectivity index (χ1n) is 14.8. The second-order valence-corrected chi connectivity index (χ2v) is 11.0. The normalized spacial score (nSPS) is 11.2. The van der Waals surface area contributed by atoms with Crippen LogP contribution >= 0.6 is 0 Å². The maximum absolute atomic E-state index is 12.4. The number of rotatable bonds is 12. The fourth-order valence-electron chi connectivity index (χ4n) is 5.94. The highest BCUT2D eigenvalue weighted by atomic mass is 16.5. The van der Waals surface area contributed by atoms with E-state index in [1.54, 1.807) is 10.7 Å². The third-order valence-electron chi connectivity index (χ3n) is 8.25. The number of hydrogen-bond donors (Lipinski definition) is 4. The quantitative estimate of drug-likeness (QED) is 0.0870. The Morgan fingerprint density at radius 2 is 1.76 bits per heavy atom. The summed E-state index contributed by atoms with van der Waals surface area (Å²) in [5.74, 6) is 0.116. The number of aromatic carboxylic acids is 1. The standard InChI is InChI=1S/C35H32BN3O7/c1-21-32(30(38-39(21)2)20-46-24-15-16-29(36(43)44)23(18-24)19-40)28-12-6-11-26-27(34(35(41)42)37-33(26)28)13-7-17-45-31-14-5-9-22-8-3-4-10-25(22)31/h3-6,8-12,14-16,18-19,37,43-44H,7,13,17,20H2,1-2H3,(H,41,42). The first kappa shape index (κ1) is 30.6. The van der Waals surface area contributed by atoms with E-state index >= 15 is 0 Å². The van der Waals surface area contributed by atoms with Crippen LogP contribution in [0.4, 0.5) is 0 Å². The molecule has 4 aromatic carbocycles. The molecule has 232 valence electrons. The molecule has 0 radical (unpaired) electrons. The van der Waals surface area contributed by atoms with Crippen molar-refractivity contribution in [3.05, 3.63) is 107 Å². The fourth-order valence-corrected chi connectivity index (χ4v) is 5.94. The molecule has 0 bridgehead atoms. The van der Waals surface area contributed by atoms with Crippen LogP contribution in [0.15, 0.2) is 78.9 Å². The van der Waals surface area contributed by atoms with E-state index in [4.69, 9.17) is 9.47 Å². The van der Waals surface area contributed by atoms with E-state index < -0.39 is 13.1 Å². The maximum atomic E-state index is 12.4. The van der Waals surface area contributed by atoms with Crippen molar-refractivity contribution in [3.8, 4) is 22.6 Å². The van der Waals surface area contributed by atoms with Crippen LogP contribution in [0.2, 0.25) is 0 Å². The predicted molar refractivity (Wildman–Crippen MR) is 176 cm³/mol. The molecule has 11 heteroatoms. The average Bonchev–Trinajstić information content (AvgIpc) is 3.58. The molecule has 0 atom stereocenters. The molecular weight excluding hydrogens is 585 g/mol. The Balaban J connectivity index is 1.27. The van der Waals surface area contributed by atoms with Crippen LogP contribution < -0.4 is 14.9 Å². The minimum absolute atomic E-state index is 0.0532. The average molecular weight is 617 g/mol. The van der Waals surface area contributed by atoms with E-state index in [2.05, 4.69) is 10.1 Å². The molecule has 0 saturated carbocycles. The van der Waals surface area contributed by atoms with E-state index in [1.807, 2.05) is 74.6 Å². The Bertz CT molecular complexity index is 2080. The maximum Gasteiger partial charge on any atom is 0.489 e. The van der Waals surface area contributed by atoms with Crippen LogP contribution in [0.5, 0.6) is 11.5 Å². The van der Waals surface area contributed by atoms with Gasteiger partial charge in [0.05, 0.1) is 12.1 Å². The zero-order valence-electron chi connectivity index (χ0n) is 25.4. The van der Waals surface area contributed by atoms with Gasteiger partial charge in [0.2, 0.25) is 0 Å². The van der Waals surface area contributed by atoms with E-state index in [0.29, 0.717) is 48.3 Å². The highest BCUT2D eigenvalue weighted by Crippen LogP contribution is 2.36. The molecular formula is C35H32BN3O7. The third-order valence-corrected chi connectivity index (χ3v) is 8.25. The number of nitrogens with one attached hydrogen (secondary N) is 1. The Hall–Kier alpha value is -5.39. The van der Waals surface area contributed by atoms with Crippen LogP contribution in [-0.2, 0) is 20.1 Å². The number of para-hydroxylation sites is 1. The number of nitrogens with zero attached hydrogens (tertiary/aromatic N) is 2. The molecule has 0 saturated heterocycles. The molecule has 0 amide bonds. The molecule has 0 spiro atoms. The Morgan fingerprint density at radius 3 is 2.54 bits per heavy atom. The number of carboxylic acids is 1. The van der Waals surface area contributed by atoms with Gasteiger partial charge in [-0.2, -0.15) is 5.10 Å². The van der Waals surface area contributed by atoms with Crippen LogP contribution in [0.3, 0.4) is 0 Å². The number of carboxylic acid groups (broad SMARTS) is 1. The fraction of sp³-hybridized carbons (Fsp3) is 0.171. The Morgan fingerprint density at radius 1 is 1.00 bits per heavy atom.